The molecule has 1 N–H and O–H groups in total. The van der Waals surface area contributed by atoms with Gasteiger partial charge in [0, 0.05) is 40.1 Å². The van der Waals surface area contributed by atoms with Gasteiger partial charge in [0.15, 0.2) is 0 Å². The van der Waals surface area contributed by atoms with Gasteiger partial charge >= 0.3 is 0 Å². The van der Waals surface area contributed by atoms with Crippen LogP contribution in [0, 0.1) is 5.92 Å². The van der Waals surface area contributed by atoms with E-state index in [1.165, 1.54) is 0 Å². The van der Waals surface area contributed by atoms with Gasteiger partial charge in [0.05, 0.1) is 18.6 Å². The first-order valence-electron chi connectivity index (χ1n) is 8.80. The molecular weight excluding hydrogens is 432 g/mol. The number of ether oxygens (including phenoxy) is 1. The number of fused-ring (bicyclic) bond motifs is 1. The first-order valence-corrected chi connectivity index (χ1v) is 9.97. The molecule has 0 aliphatic carbocycles. The van der Waals surface area contributed by atoms with Crippen LogP contribution in [0.2, 0.25) is 5.02 Å². The van der Waals surface area contributed by atoms with Gasteiger partial charge in [-0.2, -0.15) is 0 Å². The van der Waals surface area contributed by atoms with Crippen LogP contribution >= 0.6 is 27.5 Å². The monoisotopic (exact) mass is 448 g/mol. The summed E-state index contributed by atoms with van der Waals surface area (Å²) in [7, 11) is 0. The van der Waals surface area contributed by atoms with Gasteiger partial charge < -0.3 is 15.0 Å². The molecule has 2 heterocycles. The molecule has 0 radical (unpaired) electrons. The van der Waals surface area contributed by atoms with Crippen molar-refractivity contribution in [1.29, 1.82) is 0 Å². The van der Waals surface area contributed by atoms with Crippen LogP contribution in [0.5, 0.6) is 5.75 Å². The van der Waals surface area contributed by atoms with E-state index in [9.17, 15) is 9.59 Å². The fraction of sp³-hybridized carbons (Fsp3) is 0.300. The minimum Gasteiger partial charge on any atom is -0.493 e. The Morgan fingerprint density at radius 3 is 2.93 bits per heavy atom. The lowest BCUT2D eigenvalue weighted by Gasteiger charge is -2.28. The molecule has 0 saturated carbocycles. The van der Waals surface area contributed by atoms with Gasteiger partial charge in [-0.1, -0.05) is 33.6 Å². The van der Waals surface area contributed by atoms with E-state index in [4.69, 9.17) is 16.3 Å². The fourth-order valence-electron chi connectivity index (χ4n) is 3.58. The van der Waals surface area contributed by atoms with Gasteiger partial charge in [0.2, 0.25) is 11.8 Å². The number of carbonyl (C=O) groups excluding carboxylic acids is 2. The van der Waals surface area contributed by atoms with E-state index < -0.39 is 0 Å². The minimum absolute atomic E-state index is 0.0625. The van der Waals surface area contributed by atoms with E-state index in [0.717, 1.165) is 21.5 Å². The van der Waals surface area contributed by atoms with Gasteiger partial charge in [-0.25, -0.2) is 0 Å². The molecule has 0 bridgehead atoms. The lowest BCUT2D eigenvalue weighted by molar-refractivity contribution is -0.127. The van der Waals surface area contributed by atoms with E-state index in [-0.39, 0.29) is 30.2 Å². The fourth-order valence-corrected chi connectivity index (χ4v) is 4.14. The van der Waals surface area contributed by atoms with Crippen molar-refractivity contribution >= 4 is 45.0 Å². The molecule has 140 valence electrons. The van der Waals surface area contributed by atoms with E-state index in [1.54, 1.807) is 23.1 Å². The molecule has 0 spiro atoms. The Hall–Kier alpha value is -2.05. The van der Waals surface area contributed by atoms with E-state index in [1.807, 2.05) is 24.3 Å². The molecule has 2 amide bonds. The largest absolute Gasteiger partial charge is 0.493 e. The first kappa shape index (κ1) is 18.3. The van der Waals surface area contributed by atoms with Crippen LogP contribution in [0.1, 0.15) is 24.4 Å². The second-order valence-corrected chi connectivity index (χ2v) is 8.12. The highest BCUT2D eigenvalue weighted by Gasteiger charge is 2.36. The zero-order valence-electron chi connectivity index (χ0n) is 14.5. The highest BCUT2D eigenvalue weighted by Crippen LogP contribution is 2.35. The number of anilines is 1. The quantitative estimate of drug-likeness (QED) is 0.768. The smallest absolute Gasteiger partial charge is 0.227 e. The molecule has 0 aromatic heterocycles. The van der Waals surface area contributed by atoms with Crippen LogP contribution in [-0.2, 0) is 9.59 Å². The Morgan fingerprint density at radius 2 is 2.11 bits per heavy atom. The third-order valence-corrected chi connectivity index (χ3v) is 5.67. The summed E-state index contributed by atoms with van der Waals surface area (Å²) in [5, 5.41) is 3.67. The number of benzene rings is 2. The number of halogens is 2. The zero-order chi connectivity index (χ0) is 19.0. The minimum atomic E-state index is -0.380. The molecule has 7 heteroatoms. The molecule has 2 aliphatic rings. The molecule has 2 unspecified atom stereocenters. The number of hydrogen-bond acceptors (Lipinski definition) is 3. The van der Waals surface area contributed by atoms with Crippen molar-refractivity contribution in [2.24, 2.45) is 5.92 Å². The van der Waals surface area contributed by atoms with Crippen LogP contribution in [0.15, 0.2) is 46.9 Å². The van der Waals surface area contributed by atoms with E-state index in [2.05, 4.69) is 21.2 Å². The Kier molecular flexibility index (Phi) is 5.10. The van der Waals surface area contributed by atoms with Crippen LogP contribution in [0.25, 0.3) is 0 Å². The van der Waals surface area contributed by atoms with Crippen LogP contribution in [0.3, 0.4) is 0 Å². The SMILES string of the molecule is O=C(NC1CCOc2ccc(Br)cc21)C1CC(=O)N(c2cccc(Cl)c2)C1. The normalized spacial score (nSPS) is 21.6. The van der Waals surface area contributed by atoms with Crippen molar-refractivity contribution in [1.82, 2.24) is 5.32 Å². The number of nitrogens with zero attached hydrogens (tertiary/aromatic N) is 1. The van der Waals surface area contributed by atoms with Crippen molar-refractivity contribution in [2.45, 2.75) is 18.9 Å². The molecule has 27 heavy (non-hydrogen) atoms. The topological polar surface area (TPSA) is 58.6 Å². The van der Waals surface area contributed by atoms with Gasteiger partial charge in [0.1, 0.15) is 5.75 Å². The number of hydrogen-bond donors (Lipinski definition) is 1. The Balaban J connectivity index is 1.47. The molecule has 2 aromatic carbocycles. The van der Waals surface area contributed by atoms with Gasteiger partial charge in [-0.15, -0.1) is 0 Å². The van der Waals surface area contributed by atoms with Gasteiger partial charge in [0.25, 0.3) is 0 Å². The van der Waals surface area contributed by atoms with Crippen molar-refractivity contribution in [3.05, 3.63) is 57.5 Å². The summed E-state index contributed by atoms with van der Waals surface area (Å²) in [6, 6.07) is 12.8. The maximum atomic E-state index is 12.8. The summed E-state index contributed by atoms with van der Waals surface area (Å²) in [6.07, 6.45) is 0.904. The second-order valence-electron chi connectivity index (χ2n) is 6.77. The van der Waals surface area contributed by atoms with Crippen molar-refractivity contribution in [3.8, 4) is 5.75 Å². The Bertz CT molecular complexity index is 905. The summed E-state index contributed by atoms with van der Waals surface area (Å²) in [6.45, 7) is 0.914. The summed E-state index contributed by atoms with van der Waals surface area (Å²) < 4.78 is 6.61. The van der Waals surface area contributed by atoms with Crippen LogP contribution in [0.4, 0.5) is 5.69 Å². The highest BCUT2D eigenvalue weighted by molar-refractivity contribution is 9.10. The number of carbonyl (C=O) groups is 2. The third kappa shape index (κ3) is 3.82. The van der Waals surface area contributed by atoms with Crippen molar-refractivity contribution < 1.29 is 14.3 Å². The first-order chi connectivity index (χ1) is 13.0. The summed E-state index contributed by atoms with van der Waals surface area (Å²) in [5.41, 5.74) is 1.68. The molecule has 2 atom stereocenters. The lowest BCUT2D eigenvalue weighted by atomic mass is 9.99. The van der Waals surface area contributed by atoms with Crippen molar-refractivity contribution in [2.75, 3.05) is 18.1 Å². The van der Waals surface area contributed by atoms with Crippen molar-refractivity contribution in [3.63, 3.8) is 0 Å². The average Bonchev–Trinajstić information content (AvgIpc) is 3.04. The van der Waals surface area contributed by atoms with Crippen LogP contribution < -0.4 is 15.0 Å². The molecule has 1 fully saturated rings. The zero-order valence-corrected chi connectivity index (χ0v) is 16.8. The van der Waals surface area contributed by atoms with Gasteiger partial charge in [-0.3, -0.25) is 9.59 Å². The molecular formula is C20H18BrClN2O3. The van der Waals surface area contributed by atoms with Crippen LogP contribution in [-0.4, -0.2) is 25.0 Å². The Labute approximate surface area is 170 Å². The molecule has 5 nitrogen and oxygen atoms in total. The Morgan fingerprint density at radius 1 is 1.26 bits per heavy atom. The number of amides is 2. The molecule has 1 saturated heterocycles. The predicted molar refractivity (Wildman–Crippen MR) is 107 cm³/mol. The highest BCUT2D eigenvalue weighted by atomic mass is 79.9. The van der Waals surface area contributed by atoms with Gasteiger partial charge in [-0.05, 0) is 36.4 Å². The standard InChI is InChI=1S/C20H18BrClN2O3/c21-13-4-5-18-16(9-13)17(6-7-27-18)23-20(26)12-8-19(25)24(11-12)15-3-1-2-14(22)10-15/h1-5,9-10,12,17H,6-8,11H2,(H,23,26). The third-order valence-electron chi connectivity index (χ3n) is 4.94. The summed E-state index contributed by atoms with van der Waals surface area (Å²) >= 11 is 9.49. The maximum absolute atomic E-state index is 12.8. The average molecular weight is 450 g/mol. The lowest BCUT2D eigenvalue weighted by Crippen LogP contribution is -2.37. The summed E-state index contributed by atoms with van der Waals surface area (Å²) in [5.74, 6) is 0.242. The number of nitrogens with one attached hydrogen (secondary N) is 1. The molecule has 2 aliphatic heterocycles. The molecule has 2 aromatic rings. The molecule has 4 rings (SSSR count). The van der Waals surface area contributed by atoms with E-state index in [0.29, 0.717) is 24.6 Å². The second kappa shape index (κ2) is 7.52. The number of rotatable bonds is 3. The van der Waals surface area contributed by atoms with E-state index >= 15 is 0 Å². The predicted octanol–water partition coefficient (Wildman–Crippen LogP) is 4.10. The summed E-state index contributed by atoms with van der Waals surface area (Å²) in [4.78, 5) is 26.9. The maximum Gasteiger partial charge on any atom is 0.227 e.